The molecule has 21 nitrogen and oxygen atoms in total. The number of carbonyl (C=O) groups is 10. The SMILES string of the molecule is CCCC(=O)[C@H](CCCCNC(=O)CCCCCCC(=O)CCCCCNC(=O)c1ccc(NCC(C)=O)nc1)NC(=O)CCC(=O)CCCCCCC(=O)O.CCCOCCOCCOCCCCC(=O)CCCC[C@@H]1SC[C@@H]2NC(=O)N[C@@H]21. The zero-order valence-electron chi connectivity index (χ0n) is 51.6. The van der Waals surface area contributed by atoms with Gasteiger partial charge in [-0.05, 0) is 115 Å². The van der Waals surface area contributed by atoms with E-state index in [1.54, 1.807) is 12.1 Å². The molecule has 0 saturated carbocycles. The number of pyridine rings is 1. The first-order chi connectivity index (χ1) is 41.1. The minimum atomic E-state index is -0.820. The molecule has 0 unspecified atom stereocenters. The number of nitrogens with one attached hydrogen (secondary N) is 6. The molecule has 482 valence electrons. The lowest BCUT2D eigenvalue weighted by Crippen LogP contribution is -2.41. The Labute approximate surface area is 510 Å². The average Bonchev–Trinajstić information content (AvgIpc) is 2.91. The number of hydrogen-bond donors (Lipinski definition) is 7. The van der Waals surface area contributed by atoms with Crippen LogP contribution >= 0.6 is 11.8 Å². The van der Waals surface area contributed by atoms with E-state index in [0.29, 0.717) is 152 Å². The highest BCUT2D eigenvalue weighted by Gasteiger charge is 2.42. The van der Waals surface area contributed by atoms with Crippen LogP contribution in [0.4, 0.5) is 10.6 Å². The summed E-state index contributed by atoms with van der Waals surface area (Å²) in [5.74, 6) is 0.691. The van der Waals surface area contributed by atoms with Crippen molar-refractivity contribution in [1.82, 2.24) is 31.6 Å². The molecule has 1 aromatic heterocycles. The Hall–Kier alpha value is -5.32. The Kier molecular flexibility index (Phi) is 44.4. The van der Waals surface area contributed by atoms with Crippen LogP contribution in [0.3, 0.4) is 0 Å². The van der Waals surface area contributed by atoms with E-state index >= 15 is 0 Å². The molecule has 5 amide bonds. The maximum atomic E-state index is 12.6. The summed E-state index contributed by atoms with van der Waals surface area (Å²) in [5, 5.41) is 26.6. The number of anilines is 1. The predicted molar refractivity (Wildman–Crippen MR) is 331 cm³/mol. The third-order valence-electron chi connectivity index (χ3n) is 14.5. The second-order valence-corrected chi connectivity index (χ2v) is 23.5. The fourth-order valence-electron chi connectivity index (χ4n) is 9.63. The van der Waals surface area contributed by atoms with Crippen molar-refractivity contribution < 1.29 is 67.3 Å². The van der Waals surface area contributed by atoms with Gasteiger partial charge in [0.2, 0.25) is 11.8 Å². The van der Waals surface area contributed by atoms with Crippen molar-refractivity contribution in [3.8, 4) is 0 Å². The number of rotatable bonds is 54. The molecule has 85 heavy (non-hydrogen) atoms. The van der Waals surface area contributed by atoms with Crippen LogP contribution in [0.25, 0.3) is 0 Å². The Morgan fingerprint density at radius 1 is 0.600 bits per heavy atom. The molecular formula is C63H105N7O14S. The molecule has 0 radical (unpaired) electrons. The number of thioether (sulfide) groups is 1. The van der Waals surface area contributed by atoms with Gasteiger partial charge in [-0.3, -0.25) is 43.2 Å². The standard InChI is InChI=1S/C42H67N5O9.C21H38N2O5S/c1-3-17-37(51)36(47-40(53)27-25-35(50)20-10-5-7-13-23-41(54)55)21-14-16-28-43-39(52)22-12-6-4-9-18-34(49)19-11-8-15-29-44-42(56)33-24-26-38(46-31-33)45-30-32(2)48;1-2-10-26-12-14-28-15-13-27-11-6-5-8-17(24)7-3-4-9-19-20-18(16-29-19)22-21(25)23-20/h24,26,31,36H,3-23,25,27-30H2,1-2H3,(H,43,52)(H,44,56)(H,45,46)(H,47,53)(H,54,55);18-20H,2-16H2,1H3,(H2,22,23,25)/t36-;18-,19-,20-/m00/s1. The maximum absolute atomic E-state index is 12.6. The van der Waals surface area contributed by atoms with Gasteiger partial charge in [-0.2, -0.15) is 11.8 Å². The molecule has 0 aliphatic carbocycles. The van der Waals surface area contributed by atoms with Crippen LogP contribution in [0.2, 0.25) is 0 Å². The molecule has 4 atom stereocenters. The summed E-state index contributed by atoms with van der Waals surface area (Å²) in [7, 11) is 0. The van der Waals surface area contributed by atoms with Crippen molar-refractivity contribution in [2.45, 2.75) is 243 Å². The van der Waals surface area contributed by atoms with Gasteiger partial charge >= 0.3 is 12.0 Å². The van der Waals surface area contributed by atoms with Crippen LogP contribution in [0, 0.1) is 0 Å². The van der Waals surface area contributed by atoms with Gasteiger partial charge in [0, 0.05) is 108 Å². The van der Waals surface area contributed by atoms with Gasteiger partial charge in [-0.15, -0.1) is 0 Å². The first-order valence-corrected chi connectivity index (χ1v) is 32.9. The molecule has 22 heteroatoms. The number of amides is 5. The number of carboxylic acid groups (broad SMARTS) is 1. The molecule has 2 fully saturated rings. The number of carboxylic acids is 1. The van der Waals surface area contributed by atoms with Crippen LogP contribution < -0.4 is 31.9 Å². The number of Topliss-reactive ketones (excluding diaryl/α,β-unsaturated/α-hetero) is 5. The van der Waals surface area contributed by atoms with Crippen LogP contribution in [0.1, 0.15) is 230 Å². The van der Waals surface area contributed by atoms with Crippen molar-refractivity contribution in [1.29, 1.82) is 0 Å². The molecule has 2 aliphatic rings. The smallest absolute Gasteiger partial charge is 0.315 e. The van der Waals surface area contributed by atoms with Gasteiger partial charge in [0.1, 0.15) is 29.0 Å². The van der Waals surface area contributed by atoms with Crippen molar-refractivity contribution in [3.63, 3.8) is 0 Å². The van der Waals surface area contributed by atoms with E-state index in [-0.39, 0.29) is 84.8 Å². The lowest BCUT2D eigenvalue weighted by Gasteiger charge is -2.17. The van der Waals surface area contributed by atoms with Gasteiger partial charge in [0.05, 0.1) is 56.7 Å². The molecular weight excluding hydrogens is 1110 g/mol. The molecule has 0 aromatic carbocycles. The van der Waals surface area contributed by atoms with E-state index in [1.807, 2.05) is 18.7 Å². The molecule has 1 aromatic rings. The van der Waals surface area contributed by atoms with E-state index in [4.69, 9.17) is 19.3 Å². The summed E-state index contributed by atoms with van der Waals surface area (Å²) in [6.45, 7) is 10.6. The summed E-state index contributed by atoms with van der Waals surface area (Å²) in [5.41, 5.74) is 0.442. The molecule has 3 heterocycles. The van der Waals surface area contributed by atoms with Gasteiger partial charge in [-0.1, -0.05) is 52.4 Å². The lowest BCUT2D eigenvalue weighted by atomic mass is 10.0. The Morgan fingerprint density at radius 3 is 1.78 bits per heavy atom. The second-order valence-electron chi connectivity index (χ2n) is 22.2. The molecule has 0 spiro atoms. The first-order valence-electron chi connectivity index (χ1n) is 31.9. The Bertz CT molecular complexity index is 2100. The number of hydrogen-bond acceptors (Lipinski definition) is 16. The number of nitrogens with zero attached hydrogens (tertiary/aromatic N) is 1. The summed E-state index contributed by atoms with van der Waals surface area (Å²) < 4.78 is 16.3. The zero-order valence-corrected chi connectivity index (χ0v) is 52.5. The minimum Gasteiger partial charge on any atom is -0.481 e. The number of ether oxygens (including phenoxy) is 3. The molecule has 7 N–H and O–H groups in total. The summed E-state index contributed by atoms with van der Waals surface area (Å²) in [6.07, 6.45) is 22.2. The van der Waals surface area contributed by atoms with E-state index < -0.39 is 12.0 Å². The van der Waals surface area contributed by atoms with E-state index in [0.717, 1.165) is 109 Å². The summed E-state index contributed by atoms with van der Waals surface area (Å²) in [6, 6.07) is 3.22. The van der Waals surface area contributed by atoms with Crippen molar-refractivity contribution in [2.24, 2.45) is 0 Å². The van der Waals surface area contributed by atoms with Gasteiger partial charge in [-0.25, -0.2) is 9.78 Å². The van der Waals surface area contributed by atoms with Gasteiger partial charge < -0.3 is 51.2 Å². The number of unbranched alkanes of at least 4 members (excludes halogenated alkanes) is 11. The number of aliphatic carboxylic acids is 1. The fourth-order valence-corrected chi connectivity index (χ4v) is 11.2. The highest BCUT2D eigenvalue weighted by molar-refractivity contribution is 8.00. The quantitative estimate of drug-likeness (QED) is 0.0236. The van der Waals surface area contributed by atoms with E-state index in [1.165, 1.54) is 13.1 Å². The number of urea groups is 1. The van der Waals surface area contributed by atoms with Crippen molar-refractivity contribution in [3.05, 3.63) is 23.9 Å². The number of fused-ring (bicyclic) bond motifs is 1. The summed E-state index contributed by atoms with van der Waals surface area (Å²) >= 11 is 1.93. The Balaban J connectivity index is 0.000000707. The zero-order chi connectivity index (χ0) is 62.1. The topological polar surface area (TPSA) is 304 Å². The van der Waals surface area contributed by atoms with Crippen molar-refractivity contribution in [2.75, 3.05) is 70.3 Å². The third kappa shape index (κ3) is 40.7. The third-order valence-corrected chi connectivity index (χ3v) is 16.0. The second kappa shape index (κ2) is 49.8. The van der Waals surface area contributed by atoms with Crippen molar-refractivity contribution >= 4 is 76.2 Å². The normalized spacial score (nSPS) is 15.3. The highest BCUT2D eigenvalue weighted by atomic mass is 32.2. The molecule has 2 aliphatic heterocycles. The first kappa shape index (κ1) is 75.8. The van der Waals surface area contributed by atoms with Gasteiger partial charge in [0.25, 0.3) is 5.91 Å². The average molecular weight is 1220 g/mol. The molecule has 2 saturated heterocycles. The largest absolute Gasteiger partial charge is 0.481 e. The van der Waals surface area contributed by atoms with Crippen LogP contribution in [-0.4, -0.2) is 157 Å². The van der Waals surface area contributed by atoms with Crippen LogP contribution in [0.15, 0.2) is 18.3 Å². The van der Waals surface area contributed by atoms with Crippen LogP contribution in [-0.2, 0) is 52.6 Å². The number of carbonyl (C=O) groups excluding carboxylic acids is 9. The Morgan fingerprint density at radius 2 is 1.16 bits per heavy atom. The highest BCUT2D eigenvalue weighted by Crippen LogP contribution is 2.33. The van der Waals surface area contributed by atoms with E-state index in [2.05, 4.69) is 43.8 Å². The van der Waals surface area contributed by atoms with Gasteiger partial charge in [0.15, 0.2) is 5.78 Å². The maximum Gasteiger partial charge on any atom is 0.315 e. The molecule has 3 rings (SSSR count). The van der Waals surface area contributed by atoms with E-state index in [9.17, 15) is 47.9 Å². The monoisotopic (exact) mass is 1220 g/mol. The van der Waals surface area contributed by atoms with Crippen LogP contribution in [0.5, 0.6) is 0 Å². The number of aromatic nitrogens is 1. The lowest BCUT2D eigenvalue weighted by molar-refractivity contribution is -0.137. The predicted octanol–water partition coefficient (Wildman–Crippen LogP) is 9.11. The number of ketones is 5. The minimum absolute atomic E-state index is 0.00595. The summed E-state index contributed by atoms with van der Waals surface area (Å²) in [4.78, 5) is 123. The fraction of sp³-hybridized carbons (Fsp3) is 0.762. The molecule has 0 bridgehead atoms.